The Morgan fingerprint density at radius 2 is 2.00 bits per heavy atom. The Bertz CT molecular complexity index is 524. The topological polar surface area (TPSA) is 58.4 Å². The highest BCUT2D eigenvalue weighted by Gasteiger charge is 2.43. The van der Waals surface area contributed by atoms with Crippen LogP contribution in [-0.4, -0.2) is 43.9 Å². The minimum Gasteiger partial charge on any atom is -0.393 e. The molecule has 2 unspecified atom stereocenters. The molecule has 0 radical (unpaired) electrons. The van der Waals surface area contributed by atoms with Crippen molar-refractivity contribution in [3.05, 3.63) is 17.5 Å². The monoisotopic (exact) mass is 291 g/mol. The van der Waals surface area contributed by atoms with E-state index in [9.17, 15) is 9.90 Å². The smallest absolute Gasteiger partial charge is 0.272 e. The Kier molecular flexibility index (Phi) is 3.78. The molecule has 21 heavy (non-hydrogen) atoms. The maximum Gasteiger partial charge on any atom is 0.272 e. The molecule has 2 atom stereocenters. The summed E-state index contributed by atoms with van der Waals surface area (Å²) < 4.78 is 1.82. The summed E-state index contributed by atoms with van der Waals surface area (Å²) in [5.41, 5.74) is 1.68. The maximum absolute atomic E-state index is 13.0. The average Bonchev–Trinajstić information content (AvgIpc) is 2.98. The highest BCUT2D eigenvalue weighted by Crippen LogP contribution is 2.37. The summed E-state index contributed by atoms with van der Waals surface area (Å²) in [6.45, 7) is 6.91. The van der Waals surface area contributed by atoms with Crippen molar-refractivity contribution in [2.45, 2.75) is 77.1 Å². The van der Waals surface area contributed by atoms with E-state index in [0.717, 1.165) is 31.4 Å². The van der Waals surface area contributed by atoms with Gasteiger partial charge in [0.15, 0.2) is 0 Å². The van der Waals surface area contributed by atoms with Gasteiger partial charge in [0.25, 0.3) is 5.91 Å². The van der Waals surface area contributed by atoms with Gasteiger partial charge in [0.05, 0.1) is 11.8 Å². The van der Waals surface area contributed by atoms with Crippen molar-refractivity contribution in [1.29, 1.82) is 0 Å². The van der Waals surface area contributed by atoms with E-state index in [0.29, 0.717) is 18.2 Å². The van der Waals surface area contributed by atoms with E-state index in [2.05, 4.69) is 18.9 Å². The number of fused-ring (bicyclic) bond motifs is 2. The molecule has 1 N–H and O–H groups in total. The van der Waals surface area contributed by atoms with Crippen LogP contribution >= 0.6 is 0 Å². The molecule has 0 aromatic carbocycles. The Hall–Kier alpha value is -1.36. The third-order valence-corrected chi connectivity index (χ3v) is 4.85. The third kappa shape index (κ3) is 2.48. The first-order valence-corrected chi connectivity index (χ1v) is 8.09. The lowest BCUT2D eigenvalue weighted by molar-refractivity contribution is 0.0278. The van der Waals surface area contributed by atoms with Gasteiger partial charge in [-0.25, -0.2) is 0 Å². The molecule has 1 aromatic rings. The molecule has 3 heterocycles. The predicted octanol–water partition coefficient (Wildman–Crippen LogP) is 2.15. The highest BCUT2D eigenvalue weighted by molar-refractivity contribution is 5.93. The molecule has 5 heteroatoms. The Morgan fingerprint density at radius 3 is 2.52 bits per heavy atom. The zero-order valence-corrected chi connectivity index (χ0v) is 13.1. The van der Waals surface area contributed by atoms with Crippen molar-refractivity contribution in [3.8, 4) is 0 Å². The van der Waals surface area contributed by atoms with Gasteiger partial charge in [-0.15, -0.1) is 0 Å². The van der Waals surface area contributed by atoms with Crippen LogP contribution in [0.5, 0.6) is 0 Å². The molecule has 1 aromatic heterocycles. The number of aromatic nitrogens is 2. The first-order valence-electron chi connectivity index (χ1n) is 8.09. The minimum atomic E-state index is -0.242. The number of aryl methyl sites for hydroxylation is 1. The molecule has 2 aliphatic heterocycles. The summed E-state index contributed by atoms with van der Waals surface area (Å²) >= 11 is 0. The molecular formula is C16H25N3O2. The van der Waals surface area contributed by atoms with E-state index in [1.807, 2.05) is 22.6 Å². The quantitative estimate of drug-likeness (QED) is 0.928. The van der Waals surface area contributed by atoms with Crippen molar-refractivity contribution in [2.75, 3.05) is 0 Å². The van der Waals surface area contributed by atoms with E-state index in [1.54, 1.807) is 0 Å². The van der Waals surface area contributed by atoms with Crippen molar-refractivity contribution < 1.29 is 9.90 Å². The number of piperidine rings is 1. The number of amides is 1. The summed E-state index contributed by atoms with van der Waals surface area (Å²) in [5.74, 6) is 0.417. The van der Waals surface area contributed by atoms with Crippen LogP contribution in [-0.2, 0) is 6.54 Å². The fraction of sp³-hybridized carbons (Fsp3) is 0.750. The second-order valence-corrected chi connectivity index (χ2v) is 6.65. The molecule has 2 aliphatic rings. The molecule has 1 amide bonds. The number of carbonyl (C=O) groups is 1. The van der Waals surface area contributed by atoms with Gasteiger partial charge in [0.2, 0.25) is 0 Å². The van der Waals surface area contributed by atoms with Crippen molar-refractivity contribution in [2.24, 2.45) is 0 Å². The van der Waals surface area contributed by atoms with E-state index < -0.39 is 0 Å². The number of hydrogen-bond acceptors (Lipinski definition) is 3. The highest BCUT2D eigenvalue weighted by atomic mass is 16.3. The Labute approximate surface area is 125 Å². The minimum absolute atomic E-state index is 0.0932. The molecule has 3 rings (SSSR count). The number of nitrogens with zero attached hydrogens (tertiary/aromatic N) is 3. The van der Waals surface area contributed by atoms with E-state index >= 15 is 0 Å². The van der Waals surface area contributed by atoms with E-state index in [-0.39, 0.29) is 24.1 Å². The summed E-state index contributed by atoms with van der Waals surface area (Å²) in [6.07, 6.45) is 3.24. The molecule has 0 aliphatic carbocycles. The molecule has 5 nitrogen and oxygen atoms in total. The summed E-state index contributed by atoms with van der Waals surface area (Å²) in [6, 6.07) is 2.35. The number of hydrogen-bond donors (Lipinski definition) is 1. The molecule has 2 saturated heterocycles. The van der Waals surface area contributed by atoms with E-state index in [4.69, 9.17) is 0 Å². The molecule has 0 saturated carbocycles. The zero-order chi connectivity index (χ0) is 15.1. The van der Waals surface area contributed by atoms with Crippen LogP contribution in [0.2, 0.25) is 0 Å². The van der Waals surface area contributed by atoms with Gasteiger partial charge in [0, 0.05) is 18.6 Å². The predicted molar refractivity (Wildman–Crippen MR) is 80.2 cm³/mol. The fourth-order valence-corrected chi connectivity index (χ4v) is 3.74. The van der Waals surface area contributed by atoms with Crippen molar-refractivity contribution in [3.63, 3.8) is 0 Å². The SMILES string of the molecule is CCn1nc(C(C)C)cc1C(=O)N1C2CCC1CC(O)C2. The van der Waals surface area contributed by atoms with Crippen molar-refractivity contribution >= 4 is 5.91 Å². The number of aliphatic hydroxyl groups excluding tert-OH is 1. The van der Waals surface area contributed by atoms with Crippen molar-refractivity contribution in [1.82, 2.24) is 14.7 Å². The molecule has 116 valence electrons. The normalized spacial score (nSPS) is 28.4. The molecule has 2 fully saturated rings. The van der Waals surface area contributed by atoms with Gasteiger partial charge in [-0.3, -0.25) is 9.48 Å². The molecule has 0 spiro atoms. The van der Waals surface area contributed by atoms with Crippen LogP contribution in [0.3, 0.4) is 0 Å². The van der Waals surface area contributed by atoms with Gasteiger partial charge in [-0.1, -0.05) is 13.8 Å². The van der Waals surface area contributed by atoms with Crippen LogP contribution in [0.1, 0.15) is 68.6 Å². The number of carbonyl (C=O) groups excluding carboxylic acids is 1. The van der Waals surface area contributed by atoms with Crippen LogP contribution < -0.4 is 0 Å². The first-order chi connectivity index (χ1) is 10.0. The van der Waals surface area contributed by atoms with Gasteiger partial charge >= 0.3 is 0 Å². The first kappa shape index (κ1) is 14.6. The lowest BCUT2D eigenvalue weighted by Crippen LogP contribution is -2.48. The lowest BCUT2D eigenvalue weighted by Gasteiger charge is -2.37. The molecule has 2 bridgehead atoms. The third-order valence-electron chi connectivity index (χ3n) is 4.85. The fourth-order valence-electron chi connectivity index (χ4n) is 3.74. The Morgan fingerprint density at radius 1 is 1.38 bits per heavy atom. The van der Waals surface area contributed by atoms with Gasteiger partial charge in [-0.2, -0.15) is 5.10 Å². The zero-order valence-electron chi connectivity index (χ0n) is 13.1. The van der Waals surface area contributed by atoms with Crippen LogP contribution in [0.4, 0.5) is 0 Å². The number of aliphatic hydroxyl groups is 1. The maximum atomic E-state index is 13.0. The van der Waals surface area contributed by atoms with Gasteiger partial charge in [0.1, 0.15) is 5.69 Å². The van der Waals surface area contributed by atoms with Crippen LogP contribution in [0, 0.1) is 0 Å². The molecular weight excluding hydrogens is 266 g/mol. The lowest BCUT2D eigenvalue weighted by atomic mass is 9.99. The average molecular weight is 291 g/mol. The van der Waals surface area contributed by atoms with Crippen LogP contribution in [0.25, 0.3) is 0 Å². The summed E-state index contributed by atoms with van der Waals surface area (Å²) in [4.78, 5) is 15.0. The standard InChI is InChI=1S/C16H25N3O2/c1-4-18-15(9-14(17-18)10(2)3)16(21)19-11-5-6-12(19)8-13(20)7-11/h9-13,20H,4-8H2,1-3H3. The van der Waals surface area contributed by atoms with Crippen LogP contribution in [0.15, 0.2) is 6.07 Å². The summed E-state index contributed by atoms with van der Waals surface area (Å²) in [5, 5.41) is 14.4. The Balaban J connectivity index is 1.89. The second-order valence-electron chi connectivity index (χ2n) is 6.65. The van der Waals surface area contributed by atoms with Gasteiger partial charge < -0.3 is 10.0 Å². The van der Waals surface area contributed by atoms with E-state index in [1.165, 1.54) is 0 Å². The summed E-state index contributed by atoms with van der Waals surface area (Å²) in [7, 11) is 0. The van der Waals surface area contributed by atoms with Gasteiger partial charge in [-0.05, 0) is 44.6 Å². The number of rotatable bonds is 3. The second kappa shape index (κ2) is 5.44. The largest absolute Gasteiger partial charge is 0.393 e.